The Balaban J connectivity index is 3.13. The highest BCUT2D eigenvalue weighted by molar-refractivity contribution is 5.90. The van der Waals surface area contributed by atoms with Crippen molar-refractivity contribution in [2.45, 2.75) is 72.7 Å². The molecule has 1 heterocycles. The lowest BCUT2D eigenvalue weighted by atomic mass is 10.0. The number of nitrogens with one attached hydrogen (secondary N) is 3. The quantitative estimate of drug-likeness (QED) is 0.366. The zero-order valence-corrected chi connectivity index (χ0v) is 22.1. The lowest BCUT2D eigenvalue weighted by Gasteiger charge is -2.30. The summed E-state index contributed by atoms with van der Waals surface area (Å²) in [5, 5.41) is 5.11. The van der Waals surface area contributed by atoms with Crippen LogP contribution in [0.1, 0.15) is 47.1 Å². The van der Waals surface area contributed by atoms with Gasteiger partial charge in [0, 0.05) is 24.8 Å². The molecule has 0 unspecified atom stereocenters. The van der Waals surface area contributed by atoms with Crippen LogP contribution in [0, 0.1) is 12.8 Å². The Kier molecular flexibility index (Phi) is 10.9. The maximum Gasteiger partial charge on any atom is 0.407 e. The number of esters is 1. The van der Waals surface area contributed by atoms with Crippen molar-refractivity contribution in [2.24, 2.45) is 5.92 Å². The van der Waals surface area contributed by atoms with E-state index in [1.165, 1.54) is 27.2 Å². The van der Waals surface area contributed by atoms with Gasteiger partial charge in [-0.2, -0.15) is 0 Å². The third kappa shape index (κ3) is 9.19. The number of aromatic nitrogens is 2. The number of carbonyl (C=O) groups is 4. The van der Waals surface area contributed by atoms with Crippen LogP contribution in [0.5, 0.6) is 0 Å². The topological polar surface area (TPSA) is 169 Å². The smallest absolute Gasteiger partial charge is 0.407 e. The third-order valence-corrected chi connectivity index (χ3v) is 5.10. The summed E-state index contributed by atoms with van der Waals surface area (Å²) < 4.78 is 10.9. The molecule has 0 spiro atoms. The van der Waals surface area contributed by atoms with Crippen LogP contribution in [-0.2, 0) is 30.4 Å². The van der Waals surface area contributed by atoms with Crippen LogP contribution in [0.25, 0.3) is 0 Å². The van der Waals surface area contributed by atoms with Gasteiger partial charge >= 0.3 is 17.8 Å². The molecule has 0 fully saturated rings. The number of rotatable bonds is 10. The van der Waals surface area contributed by atoms with E-state index in [4.69, 9.17) is 9.47 Å². The minimum absolute atomic E-state index is 0.0531. The summed E-state index contributed by atoms with van der Waals surface area (Å²) in [7, 11) is 1.20. The van der Waals surface area contributed by atoms with Gasteiger partial charge in [0.25, 0.3) is 5.56 Å². The average molecular weight is 512 g/mol. The second-order valence-corrected chi connectivity index (χ2v) is 9.64. The number of ether oxygens (including phenoxy) is 2. The van der Waals surface area contributed by atoms with Crippen molar-refractivity contribution in [1.29, 1.82) is 0 Å². The van der Waals surface area contributed by atoms with E-state index in [9.17, 15) is 28.8 Å². The van der Waals surface area contributed by atoms with Crippen LogP contribution < -0.4 is 21.9 Å². The number of alkyl carbamates (subject to hydrolysis) is 1. The van der Waals surface area contributed by atoms with Gasteiger partial charge < -0.3 is 25.0 Å². The van der Waals surface area contributed by atoms with Crippen LogP contribution in [-0.4, -0.2) is 76.2 Å². The van der Waals surface area contributed by atoms with Crippen LogP contribution >= 0.6 is 0 Å². The molecule has 0 aliphatic heterocycles. The van der Waals surface area contributed by atoms with Gasteiger partial charge in [0.1, 0.15) is 24.2 Å². The minimum Gasteiger partial charge on any atom is -0.467 e. The van der Waals surface area contributed by atoms with Gasteiger partial charge in [-0.05, 0) is 40.5 Å². The molecule has 0 saturated carbocycles. The fraction of sp³-hybridized carbons (Fsp3) is 0.652. The van der Waals surface area contributed by atoms with E-state index in [0.717, 1.165) is 9.47 Å². The number of aromatic amines is 1. The molecular weight excluding hydrogens is 474 g/mol. The highest BCUT2D eigenvalue weighted by Gasteiger charge is 2.31. The first-order valence-electron chi connectivity index (χ1n) is 11.5. The van der Waals surface area contributed by atoms with E-state index in [1.54, 1.807) is 34.6 Å². The molecule has 202 valence electrons. The fourth-order valence-corrected chi connectivity index (χ4v) is 3.14. The standard InChI is InChI=1S/C23H37N5O8/c1-13(2)17(20(32)35-8)25-19(31)15(4)28(10-9-24-22(34)36-23(5,6)7)16(29)12-27-11-14(3)18(30)26-21(27)33/h11,13,15,17H,9-10,12H2,1-8H3,(H,24,34)(H,25,31)(H,26,30,33)/t15-,17-/m0/s1. The molecule has 0 saturated heterocycles. The third-order valence-electron chi connectivity index (χ3n) is 5.10. The van der Waals surface area contributed by atoms with E-state index < -0.39 is 59.4 Å². The Morgan fingerprint density at radius 3 is 2.28 bits per heavy atom. The molecule has 13 heteroatoms. The van der Waals surface area contributed by atoms with Crippen LogP contribution in [0.2, 0.25) is 0 Å². The number of nitrogens with zero attached hydrogens (tertiary/aromatic N) is 2. The summed E-state index contributed by atoms with van der Waals surface area (Å²) in [6.45, 7) is 10.9. The second kappa shape index (κ2) is 12.9. The van der Waals surface area contributed by atoms with Crippen LogP contribution in [0.3, 0.4) is 0 Å². The number of hydrogen-bond donors (Lipinski definition) is 3. The van der Waals surface area contributed by atoms with Crippen molar-refractivity contribution in [3.63, 3.8) is 0 Å². The molecular formula is C23H37N5O8. The van der Waals surface area contributed by atoms with Crippen molar-refractivity contribution in [1.82, 2.24) is 25.1 Å². The Bertz CT molecular complexity index is 1070. The van der Waals surface area contributed by atoms with E-state index in [1.807, 2.05) is 0 Å². The molecule has 1 aromatic heterocycles. The minimum atomic E-state index is -1.08. The van der Waals surface area contributed by atoms with Crippen molar-refractivity contribution in [3.8, 4) is 0 Å². The number of methoxy groups -OCH3 is 1. The summed E-state index contributed by atoms with van der Waals surface area (Å²) in [6.07, 6.45) is 0.539. The first-order valence-corrected chi connectivity index (χ1v) is 11.5. The van der Waals surface area contributed by atoms with Crippen LogP contribution in [0.4, 0.5) is 4.79 Å². The summed E-state index contributed by atoms with van der Waals surface area (Å²) >= 11 is 0. The molecule has 0 radical (unpaired) electrons. The van der Waals surface area contributed by atoms with Crippen molar-refractivity contribution in [3.05, 3.63) is 32.6 Å². The molecule has 3 N–H and O–H groups in total. The Morgan fingerprint density at radius 2 is 1.75 bits per heavy atom. The molecule has 2 atom stereocenters. The predicted octanol–water partition coefficient (Wildman–Crippen LogP) is -0.0994. The zero-order chi connectivity index (χ0) is 27.8. The highest BCUT2D eigenvalue weighted by atomic mass is 16.6. The molecule has 0 bridgehead atoms. The fourth-order valence-electron chi connectivity index (χ4n) is 3.14. The molecule has 0 aromatic carbocycles. The van der Waals surface area contributed by atoms with Gasteiger partial charge in [-0.15, -0.1) is 0 Å². The first-order chi connectivity index (χ1) is 16.6. The SMILES string of the molecule is COC(=O)[C@@H](NC(=O)[C@H](C)N(CCNC(=O)OC(C)(C)C)C(=O)Cn1cc(C)c(=O)[nH]c1=O)C(C)C. The van der Waals surface area contributed by atoms with Gasteiger partial charge in [-0.3, -0.25) is 23.9 Å². The van der Waals surface area contributed by atoms with Crippen molar-refractivity contribution < 1.29 is 28.7 Å². The van der Waals surface area contributed by atoms with Crippen molar-refractivity contribution in [2.75, 3.05) is 20.2 Å². The normalized spacial score (nSPS) is 12.9. The molecule has 0 aliphatic rings. The number of H-pyrrole nitrogens is 1. The van der Waals surface area contributed by atoms with Crippen LogP contribution in [0.15, 0.2) is 15.8 Å². The predicted molar refractivity (Wildman–Crippen MR) is 130 cm³/mol. The van der Waals surface area contributed by atoms with E-state index in [2.05, 4.69) is 15.6 Å². The Hall–Kier alpha value is -3.64. The molecule has 13 nitrogen and oxygen atoms in total. The number of carbonyl (C=O) groups excluding carboxylic acids is 4. The molecule has 3 amide bonds. The van der Waals surface area contributed by atoms with Gasteiger partial charge in [-0.1, -0.05) is 13.8 Å². The lowest BCUT2D eigenvalue weighted by Crippen LogP contribution is -2.55. The maximum absolute atomic E-state index is 13.2. The zero-order valence-electron chi connectivity index (χ0n) is 22.1. The van der Waals surface area contributed by atoms with Crippen molar-refractivity contribution >= 4 is 23.9 Å². The number of aryl methyl sites for hydroxylation is 1. The summed E-state index contributed by atoms with van der Waals surface area (Å²) in [4.78, 5) is 77.3. The summed E-state index contributed by atoms with van der Waals surface area (Å²) in [5.74, 6) is -2.18. The first kappa shape index (κ1) is 30.4. The highest BCUT2D eigenvalue weighted by Crippen LogP contribution is 2.08. The largest absolute Gasteiger partial charge is 0.467 e. The van der Waals surface area contributed by atoms with E-state index in [-0.39, 0.29) is 24.6 Å². The Morgan fingerprint density at radius 1 is 1.14 bits per heavy atom. The van der Waals surface area contributed by atoms with Gasteiger partial charge in [0.2, 0.25) is 11.8 Å². The second-order valence-electron chi connectivity index (χ2n) is 9.64. The van der Waals surface area contributed by atoms with Gasteiger partial charge in [-0.25, -0.2) is 14.4 Å². The number of amides is 3. The number of hydrogen-bond acceptors (Lipinski definition) is 8. The molecule has 0 aliphatic carbocycles. The van der Waals surface area contributed by atoms with E-state index >= 15 is 0 Å². The summed E-state index contributed by atoms with van der Waals surface area (Å²) in [6, 6.07) is -2.02. The lowest BCUT2D eigenvalue weighted by molar-refractivity contribution is -0.148. The summed E-state index contributed by atoms with van der Waals surface area (Å²) in [5.41, 5.74) is -1.86. The molecule has 1 rings (SSSR count). The molecule has 36 heavy (non-hydrogen) atoms. The monoisotopic (exact) mass is 511 g/mol. The van der Waals surface area contributed by atoms with Gasteiger partial charge in [0.05, 0.1) is 7.11 Å². The molecule has 1 aromatic rings. The average Bonchev–Trinajstić information content (AvgIpc) is 2.76. The van der Waals surface area contributed by atoms with Gasteiger partial charge in [0.15, 0.2) is 0 Å². The van der Waals surface area contributed by atoms with E-state index in [0.29, 0.717) is 0 Å². The maximum atomic E-state index is 13.2. The Labute approximate surface area is 209 Å².